The molecular weight excluding hydrogens is 473 g/mol. The van der Waals surface area contributed by atoms with E-state index in [0.717, 1.165) is 0 Å². The monoisotopic (exact) mass is 499 g/mol. The Bertz CT molecular complexity index is 1200. The molecule has 9 nitrogen and oxygen atoms in total. The Kier molecular flexibility index (Phi) is 9.36. The van der Waals surface area contributed by atoms with E-state index in [1.807, 2.05) is 11.5 Å². The average Bonchev–Trinajstić information content (AvgIpc) is 3.25. The zero-order chi connectivity index (χ0) is 25.2. The number of hydrogen-bond acceptors (Lipinski definition) is 7. The molecule has 35 heavy (non-hydrogen) atoms. The van der Waals surface area contributed by atoms with Crippen molar-refractivity contribution in [2.45, 2.75) is 32.0 Å². The molecule has 2 N–H and O–H groups in total. The molecule has 0 aliphatic rings. The number of nitrogens with zero attached hydrogens (tertiary/aromatic N) is 3. The molecule has 0 radical (unpaired) electrons. The summed E-state index contributed by atoms with van der Waals surface area (Å²) in [6.45, 7) is 4.76. The summed E-state index contributed by atoms with van der Waals surface area (Å²) in [6, 6.07) is 12.3. The molecule has 3 rings (SSSR count). The highest BCUT2D eigenvalue weighted by atomic mass is 32.2. The summed E-state index contributed by atoms with van der Waals surface area (Å²) >= 11 is 1.23. The molecular formula is C24H26FN5O4S. The van der Waals surface area contributed by atoms with Crippen LogP contribution in [0.1, 0.15) is 40.4 Å². The summed E-state index contributed by atoms with van der Waals surface area (Å²) in [6.07, 6.45) is 0.397. The van der Waals surface area contributed by atoms with Crippen LogP contribution in [0.4, 0.5) is 10.1 Å². The van der Waals surface area contributed by atoms with Crippen molar-refractivity contribution in [3.8, 4) is 0 Å². The average molecular weight is 500 g/mol. The molecule has 1 heterocycles. The van der Waals surface area contributed by atoms with E-state index in [4.69, 9.17) is 4.74 Å². The summed E-state index contributed by atoms with van der Waals surface area (Å²) < 4.78 is 20.6. The molecule has 0 aliphatic carbocycles. The predicted octanol–water partition coefficient (Wildman–Crippen LogP) is 3.32. The van der Waals surface area contributed by atoms with Gasteiger partial charge in [-0.25, -0.2) is 9.18 Å². The smallest absolute Gasteiger partial charge is 0.338 e. The lowest BCUT2D eigenvalue weighted by molar-refractivity contribution is -0.113. The van der Waals surface area contributed by atoms with Crippen molar-refractivity contribution in [2.75, 3.05) is 24.2 Å². The summed E-state index contributed by atoms with van der Waals surface area (Å²) in [4.78, 5) is 36.5. The van der Waals surface area contributed by atoms with E-state index >= 15 is 0 Å². The van der Waals surface area contributed by atoms with E-state index in [-0.39, 0.29) is 30.4 Å². The molecule has 2 aromatic carbocycles. The molecule has 3 aromatic rings. The number of ether oxygens (including phenoxy) is 1. The fourth-order valence-corrected chi connectivity index (χ4v) is 4.04. The number of benzene rings is 2. The van der Waals surface area contributed by atoms with Crippen molar-refractivity contribution < 1.29 is 23.5 Å². The zero-order valence-electron chi connectivity index (χ0n) is 19.4. The number of hydrogen-bond donors (Lipinski definition) is 2. The van der Waals surface area contributed by atoms with Crippen molar-refractivity contribution in [3.05, 3.63) is 71.3 Å². The third kappa shape index (κ3) is 7.12. The van der Waals surface area contributed by atoms with Gasteiger partial charge in [0.15, 0.2) is 5.16 Å². The first-order valence-electron chi connectivity index (χ1n) is 11.1. The molecule has 11 heteroatoms. The topological polar surface area (TPSA) is 115 Å². The summed E-state index contributed by atoms with van der Waals surface area (Å²) in [5, 5.41) is 14.3. The van der Waals surface area contributed by atoms with Crippen molar-refractivity contribution in [3.63, 3.8) is 0 Å². The third-order valence-corrected chi connectivity index (χ3v) is 5.82. The van der Waals surface area contributed by atoms with Gasteiger partial charge >= 0.3 is 5.97 Å². The second-order valence-electron chi connectivity index (χ2n) is 7.27. The van der Waals surface area contributed by atoms with Crippen LogP contribution in [0.2, 0.25) is 0 Å². The molecule has 0 atom stereocenters. The highest BCUT2D eigenvalue weighted by Crippen LogP contribution is 2.19. The molecule has 184 valence electrons. The summed E-state index contributed by atoms with van der Waals surface area (Å²) in [5.41, 5.74) is 0.832. The molecule has 0 aliphatic heterocycles. The van der Waals surface area contributed by atoms with Crippen LogP contribution in [0.3, 0.4) is 0 Å². The number of amides is 2. The molecule has 0 fully saturated rings. The van der Waals surface area contributed by atoms with Crippen LogP contribution in [0.25, 0.3) is 0 Å². The van der Waals surface area contributed by atoms with E-state index in [1.54, 1.807) is 37.3 Å². The van der Waals surface area contributed by atoms with Crippen molar-refractivity contribution in [2.24, 2.45) is 0 Å². The maximum atomic E-state index is 13.7. The standard InChI is InChI=1S/C24H26FN5O4S/c1-3-30-20(12-13-26-22(32)18-10-5-6-11-19(18)25)28-29-24(30)35-15-21(31)27-17-9-7-8-16(14-17)23(33)34-4-2/h5-11,14H,3-4,12-13,15H2,1-2H3,(H,26,32)(H,27,31). The first kappa shape index (κ1) is 25.9. The largest absolute Gasteiger partial charge is 0.462 e. The van der Waals surface area contributed by atoms with E-state index < -0.39 is 17.7 Å². The highest BCUT2D eigenvalue weighted by molar-refractivity contribution is 7.99. The van der Waals surface area contributed by atoms with Crippen LogP contribution >= 0.6 is 11.8 Å². The van der Waals surface area contributed by atoms with Gasteiger partial charge in [0.2, 0.25) is 5.91 Å². The fourth-order valence-electron chi connectivity index (χ4n) is 3.22. The van der Waals surface area contributed by atoms with Crippen LogP contribution in [-0.2, 0) is 22.5 Å². The Morgan fingerprint density at radius 1 is 1.09 bits per heavy atom. The third-order valence-electron chi connectivity index (χ3n) is 4.85. The Hall–Kier alpha value is -3.73. The quantitative estimate of drug-likeness (QED) is 0.307. The number of thioether (sulfide) groups is 1. The van der Waals surface area contributed by atoms with Crippen molar-refractivity contribution in [1.82, 2.24) is 20.1 Å². The summed E-state index contributed by atoms with van der Waals surface area (Å²) in [5.74, 6) is -1.06. The minimum Gasteiger partial charge on any atom is -0.462 e. The first-order chi connectivity index (χ1) is 16.9. The number of aromatic nitrogens is 3. The lowest BCUT2D eigenvalue weighted by Gasteiger charge is -2.09. The molecule has 2 amide bonds. The molecule has 0 bridgehead atoms. The van der Waals surface area contributed by atoms with Gasteiger partial charge in [0.05, 0.1) is 23.5 Å². The SMILES string of the molecule is CCOC(=O)c1cccc(NC(=O)CSc2nnc(CCNC(=O)c3ccccc3F)n2CC)c1. The Morgan fingerprint density at radius 2 is 1.89 bits per heavy atom. The van der Waals surface area contributed by atoms with Gasteiger partial charge in [0, 0.05) is 25.2 Å². The summed E-state index contributed by atoms with van der Waals surface area (Å²) in [7, 11) is 0. The van der Waals surface area contributed by atoms with Crippen LogP contribution in [0.15, 0.2) is 53.7 Å². The number of rotatable bonds is 11. The first-order valence-corrected chi connectivity index (χ1v) is 12.1. The zero-order valence-corrected chi connectivity index (χ0v) is 20.2. The maximum Gasteiger partial charge on any atom is 0.338 e. The van der Waals surface area contributed by atoms with Gasteiger partial charge in [0.1, 0.15) is 11.6 Å². The maximum absolute atomic E-state index is 13.7. The van der Waals surface area contributed by atoms with Gasteiger partial charge in [-0.1, -0.05) is 30.0 Å². The van der Waals surface area contributed by atoms with Crippen LogP contribution in [-0.4, -0.2) is 51.5 Å². The lowest BCUT2D eigenvalue weighted by Crippen LogP contribution is -2.27. The van der Waals surface area contributed by atoms with Gasteiger partial charge in [-0.2, -0.15) is 0 Å². The predicted molar refractivity (Wildman–Crippen MR) is 130 cm³/mol. The number of esters is 1. The van der Waals surface area contributed by atoms with E-state index in [9.17, 15) is 18.8 Å². The molecule has 0 unspecified atom stereocenters. The minimum absolute atomic E-state index is 0.0143. The number of nitrogens with one attached hydrogen (secondary N) is 2. The number of anilines is 1. The van der Waals surface area contributed by atoms with Gasteiger partial charge < -0.3 is 19.9 Å². The Labute approximate surface area is 206 Å². The van der Waals surface area contributed by atoms with E-state index in [1.165, 1.54) is 30.0 Å². The van der Waals surface area contributed by atoms with Gasteiger partial charge in [-0.15, -0.1) is 10.2 Å². The molecule has 0 spiro atoms. The van der Waals surface area contributed by atoms with E-state index in [0.29, 0.717) is 35.2 Å². The van der Waals surface area contributed by atoms with Gasteiger partial charge in [0.25, 0.3) is 5.91 Å². The van der Waals surface area contributed by atoms with Crippen LogP contribution in [0.5, 0.6) is 0 Å². The fraction of sp³-hybridized carbons (Fsp3) is 0.292. The lowest BCUT2D eigenvalue weighted by atomic mass is 10.2. The number of carbonyl (C=O) groups is 3. The van der Waals surface area contributed by atoms with Gasteiger partial charge in [-0.05, 0) is 44.2 Å². The van der Waals surface area contributed by atoms with Crippen LogP contribution < -0.4 is 10.6 Å². The van der Waals surface area contributed by atoms with Crippen molar-refractivity contribution >= 4 is 35.2 Å². The van der Waals surface area contributed by atoms with Gasteiger partial charge in [-0.3, -0.25) is 9.59 Å². The normalized spacial score (nSPS) is 10.6. The molecule has 0 saturated carbocycles. The molecule has 0 saturated heterocycles. The minimum atomic E-state index is -0.577. The Balaban J connectivity index is 1.52. The van der Waals surface area contributed by atoms with Crippen molar-refractivity contribution in [1.29, 1.82) is 0 Å². The second-order valence-corrected chi connectivity index (χ2v) is 8.21. The molecule has 1 aromatic heterocycles. The Morgan fingerprint density at radius 3 is 2.63 bits per heavy atom. The highest BCUT2D eigenvalue weighted by Gasteiger charge is 2.15. The number of halogens is 1. The number of carbonyl (C=O) groups excluding carboxylic acids is 3. The van der Waals surface area contributed by atoms with E-state index in [2.05, 4.69) is 20.8 Å². The van der Waals surface area contributed by atoms with Crippen LogP contribution in [0, 0.1) is 5.82 Å². The second kappa shape index (κ2) is 12.7.